The van der Waals surface area contributed by atoms with E-state index in [1.54, 1.807) is 0 Å². The van der Waals surface area contributed by atoms with Gasteiger partial charge in [0.1, 0.15) is 0 Å². The standard InChI is InChI=1S/C46H35N3/c1-45(2)33-22-12-8-18-29(33)39-35(45)26-27-38-40(39)31-20-10-14-24-36(31)49(38)37-25-15-11-21-32(37)43-41-42(30-19-9-13-23-34(30)46(41,3)4)47-44(48-43)28-16-6-5-7-17-28/h5-27H,1-4H3. The third kappa shape index (κ3) is 3.73. The first-order chi connectivity index (χ1) is 23.9. The van der Waals surface area contributed by atoms with Gasteiger partial charge >= 0.3 is 0 Å². The molecule has 2 aliphatic carbocycles. The molecule has 234 valence electrons. The maximum absolute atomic E-state index is 5.48. The van der Waals surface area contributed by atoms with Crippen molar-refractivity contribution in [1.82, 2.24) is 14.5 Å². The van der Waals surface area contributed by atoms with Gasteiger partial charge in [-0.1, -0.05) is 149 Å². The monoisotopic (exact) mass is 629 g/mol. The van der Waals surface area contributed by atoms with Crippen LogP contribution in [0.3, 0.4) is 0 Å². The number of rotatable bonds is 3. The molecular formula is C46H35N3. The Balaban J connectivity index is 1.31. The predicted molar refractivity (Wildman–Crippen MR) is 202 cm³/mol. The normalized spacial score (nSPS) is 14.9. The van der Waals surface area contributed by atoms with Gasteiger partial charge in [-0.25, -0.2) is 9.97 Å². The van der Waals surface area contributed by atoms with E-state index in [4.69, 9.17) is 9.97 Å². The van der Waals surface area contributed by atoms with Gasteiger partial charge in [-0.3, -0.25) is 0 Å². The van der Waals surface area contributed by atoms with Gasteiger partial charge in [0, 0.05) is 43.9 Å². The minimum atomic E-state index is -0.277. The van der Waals surface area contributed by atoms with Crippen LogP contribution in [0.2, 0.25) is 0 Å². The van der Waals surface area contributed by atoms with Gasteiger partial charge in [-0.15, -0.1) is 0 Å². The summed E-state index contributed by atoms with van der Waals surface area (Å²) in [5.41, 5.74) is 16.4. The van der Waals surface area contributed by atoms with E-state index in [0.717, 1.165) is 34.0 Å². The lowest BCUT2D eigenvalue weighted by Crippen LogP contribution is -2.18. The van der Waals surface area contributed by atoms with Crippen LogP contribution in [0.25, 0.3) is 72.5 Å². The predicted octanol–water partition coefficient (Wildman–Crippen LogP) is 11.5. The number of nitrogens with zero attached hydrogens (tertiary/aromatic N) is 3. The summed E-state index contributed by atoms with van der Waals surface area (Å²) < 4.78 is 2.47. The second-order valence-electron chi connectivity index (χ2n) is 14.6. The average molecular weight is 630 g/mol. The Morgan fingerprint density at radius 1 is 0.469 bits per heavy atom. The van der Waals surface area contributed by atoms with Crippen LogP contribution in [0, 0.1) is 0 Å². The highest BCUT2D eigenvalue weighted by Crippen LogP contribution is 2.55. The van der Waals surface area contributed by atoms with E-state index in [2.05, 4.69) is 166 Å². The molecule has 0 saturated carbocycles. The van der Waals surface area contributed by atoms with Crippen LogP contribution >= 0.6 is 0 Å². The first kappa shape index (κ1) is 28.2. The van der Waals surface area contributed by atoms with Crippen molar-refractivity contribution >= 4 is 21.8 Å². The Morgan fingerprint density at radius 2 is 1.06 bits per heavy atom. The summed E-state index contributed by atoms with van der Waals surface area (Å²) >= 11 is 0. The molecule has 0 aliphatic heterocycles. The maximum Gasteiger partial charge on any atom is 0.160 e. The Morgan fingerprint density at radius 3 is 1.84 bits per heavy atom. The van der Waals surface area contributed by atoms with E-state index >= 15 is 0 Å². The van der Waals surface area contributed by atoms with Crippen LogP contribution in [0.5, 0.6) is 0 Å². The summed E-state index contributed by atoms with van der Waals surface area (Å²) in [5.74, 6) is 0.746. The van der Waals surface area contributed by atoms with Gasteiger partial charge in [0.2, 0.25) is 0 Å². The fourth-order valence-corrected chi connectivity index (χ4v) is 8.91. The Bertz CT molecular complexity index is 2660. The summed E-state index contributed by atoms with van der Waals surface area (Å²) in [6.07, 6.45) is 0. The number of fused-ring (bicyclic) bond motifs is 10. The van der Waals surface area contributed by atoms with Gasteiger partial charge in [-0.2, -0.15) is 0 Å². The molecule has 0 radical (unpaired) electrons. The lowest BCUT2D eigenvalue weighted by molar-refractivity contribution is 0.658. The molecule has 0 fully saturated rings. The van der Waals surface area contributed by atoms with Crippen molar-refractivity contribution in [1.29, 1.82) is 0 Å². The van der Waals surface area contributed by atoms with Gasteiger partial charge in [0.15, 0.2) is 5.82 Å². The van der Waals surface area contributed by atoms with Crippen LogP contribution in [0.4, 0.5) is 0 Å². The van der Waals surface area contributed by atoms with E-state index in [0.29, 0.717) is 0 Å². The van der Waals surface area contributed by atoms with Crippen molar-refractivity contribution < 1.29 is 0 Å². The van der Waals surface area contributed by atoms with Gasteiger partial charge in [0.25, 0.3) is 0 Å². The SMILES string of the molecule is CC1(C)c2ccccc2-c2c1ccc1c2c2ccccc2n1-c1ccccc1-c1nc(-c2ccccc2)nc2c1C(C)(C)c1ccccc1-2. The highest BCUT2D eigenvalue weighted by atomic mass is 15.0. The van der Waals surface area contributed by atoms with Crippen molar-refractivity contribution in [2.45, 2.75) is 38.5 Å². The Kier molecular flexibility index (Phi) is 5.69. The number of hydrogen-bond acceptors (Lipinski definition) is 2. The maximum atomic E-state index is 5.48. The largest absolute Gasteiger partial charge is 0.309 e. The van der Waals surface area contributed by atoms with Crippen LogP contribution in [0.1, 0.15) is 49.9 Å². The fourth-order valence-electron chi connectivity index (χ4n) is 8.91. The van der Waals surface area contributed by atoms with Crippen molar-refractivity contribution in [3.63, 3.8) is 0 Å². The van der Waals surface area contributed by atoms with Crippen molar-refractivity contribution in [3.8, 4) is 50.7 Å². The van der Waals surface area contributed by atoms with E-state index in [9.17, 15) is 0 Å². The summed E-state index contributed by atoms with van der Waals surface area (Å²) in [7, 11) is 0. The van der Waals surface area contributed by atoms with Crippen LogP contribution in [-0.2, 0) is 10.8 Å². The highest BCUT2D eigenvalue weighted by Gasteiger charge is 2.41. The van der Waals surface area contributed by atoms with Crippen molar-refractivity contribution in [3.05, 3.63) is 162 Å². The second kappa shape index (κ2) is 9.87. The topological polar surface area (TPSA) is 30.7 Å². The van der Waals surface area contributed by atoms with Gasteiger partial charge < -0.3 is 4.57 Å². The minimum Gasteiger partial charge on any atom is -0.309 e. The molecule has 2 heterocycles. The lowest BCUT2D eigenvalue weighted by Gasteiger charge is -2.25. The molecule has 0 amide bonds. The van der Waals surface area contributed by atoms with Gasteiger partial charge in [-0.05, 0) is 46.0 Å². The Labute approximate surface area is 286 Å². The van der Waals surface area contributed by atoms with Crippen molar-refractivity contribution in [2.75, 3.05) is 0 Å². The molecule has 0 bridgehead atoms. The van der Waals surface area contributed by atoms with Gasteiger partial charge in [0.05, 0.1) is 28.1 Å². The molecule has 2 aromatic heterocycles. The zero-order valence-electron chi connectivity index (χ0n) is 28.1. The molecule has 10 rings (SSSR count). The summed E-state index contributed by atoms with van der Waals surface area (Å²) in [6, 6.07) is 50.5. The summed E-state index contributed by atoms with van der Waals surface area (Å²) in [4.78, 5) is 10.8. The third-order valence-corrected chi connectivity index (χ3v) is 11.2. The zero-order valence-corrected chi connectivity index (χ0v) is 28.1. The van der Waals surface area contributed by atoms with Crippen LogP contribution in [-0.4, -0.2) is 14.5 Å². The molecule has 2 aliphatic rings. The quantitative estimate of drug-likeness (QED) is 0.195. The molecule has 8 aromatic rings. The van der Waals surface area contributed by atoms with E-state index in [1.807, 2.05) is 6.07 Å². The summed E-state index contributed by atoms with van der Waals surface area (Å²) in [6.45, 7) is 9.35. The Hall–Kier alpha value is -5.80. The third-order valence-electron chi connectivity index (χ3n) is 11.2. The lowest BCUT2D eigenvalue weighted by atomic mass is 9.80. The molecule has 6 aromatic carbocycles. The molecule has 0 spiro atoms. The summed E-state index contributed by atoms with van der Waals surface area (Å²) in [5, 5.41) is 2.58. The minimum absolute atomic E-state index is 0.0723. The van der Waals surface area contributed by atoms with E-state index in [1.165, 1.54) is 60.8 Å². The van der Waals surface area contributed by atoms with Crippen molar-refractivity contribution in [2.24, 2.45) is 0 Å². The molecule has 0 unspecified atom stereocenters. The molecular weight excluding hydrogens is 595 g/mol. The molecule has 3 heteroatoms. The van der Waals surface area contributed by atoms with E-state index in [-0.39, 0.29) is 10.8 Å². The highest BCUT2D eigenvalue weighted by molar-refractivity contribution is 6.18. The molecule has 3 nitrogen and oxygen atoms in total. The smallest absolute Gasteiger partial charge is 0.160 e. The number of aromatic nitrogens is 3. The fraction of sp³-hybridized carbons (Fsp3) is 0.130. The number of benzene rings is 6. The second-order valence-corrected chi connectivity index (χ2v) is 14.6. The number of hydrogen-bond donors (Lipinski definition) is 0. The molecule has 0 N–H and O–H groups in total. The first-order valence-electron chi connectivity index (χ1n) is 17.2. The van der Waals surface area contributed by atoms with Crippen LogP contribution in [0.15, 0.2) is 140 Å². The van der Waals surface area contributed by atoms with Crippen LogP contribution < -0.4 is 0 Å². The van der Waals surface area contributed by atoms with E-state index < -0.39 is 0 Å². The first-order valence-corrected chi connectivity index (χ1v) is 17.2. The molecule has 0 saturated heterocycles. The number of para-hydroxylation sites is 2. The zero-order chi connectivity index (χ0) is 33.1. The molecule has 49 heavy (non-hydrogen) atoms. The molecule has 0 atom stereocenters. The average Bonchev–Trinajstić information content (AvgIpc) is 3.69.